The summed E-state index contributed by atoms with van der Waals surface area (Å²) in [4.78, 5) is 2.57. The first-order valence-electron chi connectivity index (χ1n) is 7.46. The van der Waals surface area contributed by atoms with Gasteiger partial charge in [-0.05, 0) is 31.0 Å². The van der Waals surface area contributed by atoms with Crippen molar-refractivity contribution in [1.29, 1.82) is 0 Å². The molecule has 0 bridgehead atoms. The lowest BCUT2D eigenvalue weighted by atomic mass is 10.1. The smallest absolute Gasteiger partial charge is 0.100 e. The predicted molar refractivity (Wildman–Crippen MR) is 81.7 cm³/mol. The molecule has 110 valence electrons. The van der Waals surface area contributed by atoms with Gasteiger partial charge in [0, 0.05) is 30.7 Å². The van der Waals surface area contributed by atoms with E-state index in [0.29, 0.717) is 17.1 Å². The highest BCUT2D eigenvalue weighted by Crippen LogP contribution is 2.35. The van der Waals surface area contributed by atoms with E-state index in [1.165, 1.54) is 12.8 Å². The monoisotopic (exact) mass is 303 g/mol. The van der Waals surface area contributed by atoms with Crippen molar-refractivity contribution in [2.24, 2.45) is 0 Å². The van der Waals surface area contributed by atoms with E-state index in [-0.39, 0.29) is 0 Å². The van der Waals surface area contributed by atoms with E-state index in [1.807, 2.05) is 35.1 Å². The van der Waals surface area contributed by atoms with Crippen LogP contribution in [0.25, 0.3) is 5.69 Å². The third kappa shape index (κ3) is 2.46. The number of nitrogens with one attached hydrogen (secondary N) is 1. The van der Waals surface area contributed by atoms with E-state index >= 15 is 0 Å². The summed E-state index contributed by atoms with van der Waals surface area (Å²) >= 11 is 6.04. The lowest BCUT2D eigenvalue weighted by molar-refractivity contribution is 0.159. The number of aromatic nitrogens is 3. The van der Waals surface area contributed by atoms with E-state index < -0.39 is 0 Å². The van der Waals surface area contributed by atoms with E-state index in [2.05, 4.69) is 20.5 Å². The highest BCUT2D eigenvalue weighted by molar-refractivity contribution is 6.30. The molecule has 2 aliphatic rings. The van der Waals surface area contributed by atoms with Gasteiger partial charge in [-0.25, -0.2) is 4.68 Å². The minimum atomic E-state index is 0.407. The van der Waals surface area contributed by atoms with Crippen LogP contribution in [0.2, 0.25) is 5.02 Å². The van der Waals surface area contributed by atoms with Gasteiger partial charge in [0.15, 0.2) is 0 Å². The molecule has 0 amide bonds. The molecule has 0 saturated carbocycles. The van der Waals surface area contributed by atoms with Crippen LogP contribution in [-0.2, 0) is 0 Å². The maximum atomic E-state index is 6.04. The molecule has 0 spiro atoms. The molecule has 1 N–H and O–H groups in total. The minimum Gasteiger partial charge on any atom is -0.314 e. The van der Waals surface area contributed by atoms with Crippen LogP contribution in [0.3, 0.4) is 0 Å². The zero-order chi connectivity index (χ0) is 14.2. The summed E-state index contributed by atoms with van der Waals surface area (Å²) in [5, 5.41) is 12.9. The van der Waals surface area contributed by atoms with Gasteiger partial charge < -0.3 is 5.32 Å². The van der Waals surface area contributed by atoms with Crippen LogP contribution >= 0.6 is 11.6 Å². The average Bonchev–Trinajstić information content (AvgIpc) is 3.14. The number of hydrogen-bond acceptors (Lipinski definition) is 4. The van der Waals surface area contributed by atoms with Gasteiger partial charge in [0.25, 0.3) is 0 Å². The molecule has 2 aliphatic heterocycles. The molecular weight excluding hydrogens is 286 g/mol. The zero-order valence-electron chi connectivity index (χ0n) is 11.7. The largest absolute Gasteiger partial charge is 0.314 e. The number of benzene rings is 1. The second kappa shape index (κ2) is 5.40. The Morgan fingerprint density at radius 2 is 2.24 bits per heavy atom. The van der Waals surface area contributed by atoms with Crippen molar-refractivity contribution in [2.75, 3.05) is 19.6 Å². The topological polar surface area (TPSA) is 46.0 Å². The summed E-state index contributed by atoms with van der Waals surface area (Å²) in [5.74, 6) is 0. The number of nitrogens with zero attached hydrogens (tertiary/aromatic N) is 4. The fourth-order valence-electron chi connectivity index (χ4n) is 3.46. The molecule has 0 radical (unpaired) electrons. The number of rotatable bonds is 2. The second-order valence-corrected chi connectivity index (χ2v) is 6.19. The van der Waals surface area contributed by atoms with Crippen LogP contribution in [0.15, 0.2) is 30.5 Å². The molecule has 2 atom stereocenters. The Kier molecular flexibility index (Phi) is 3.41. The SMILES string of the molecule is Clc1cccc(-n2cc([C@H]3CC[C@H]4CNCCN43)nn2)c1. The maximum absolute atomic E-state index is 6.04. The van der Waals surface area contributed by atoms with Gasteiger partial charge in [0.05, 0.1) is 17.9 Å². The van der Waals surface area contributed by atoms with E-state index in [9.17, 15) is 0 Å². The van der Waals surface area contributed by atoms with Gasteiger partial charge in [-0.15, -0.1) is 5.10 Å². The maximum Gasteiger partial charge on any atom is 0.100 e. The van der Waals surface area contributed by atoms with Crippen molar-refractivity contribution in [3.8, 4) is 5.69 Å². The molecule has 5 nitrogen and oxygen atoms in total. The third-order valence-corrected chi connectivity index (χ3v) is 4.73. The number of hydrogen-bond donors (Lipinski definition) is 1. The van der Waals surface area contributed by atoms with Gasteiger partial charge >= 0.3 is 0 Å². The summed E-state index contributed by atoms with van der Waals surface area (Å²) in [6.45, 7) is 3.26. The molecule has 2 saturated heterocycles. The van der Waals surface area contributed by atoms with Crippen LogP contribution < -0.4 is 5.32 Å². The highest BCUT2D eigenvalue weighted by atomic mass is 35.5. The first kappa shape index (κ1) is 13.2. The summed E-state index contributed by atoms with van der Waals surface area (Å²) in [6.07, 6.45) is 4.45. The molecule has 0 aliphatic carbocycles. The molecular formula is C15H18ClN5. The van der Waals surface area contributed by atoms with Crippen LogP contribution in [0.4, 0.5) is 0 Å². The Labute approximate surface area is 128 Å². The molecule has 1 aromatic heterocycles. The van der Waals surface area contributed by atoms with Crippen molar-refractivity contribution >= 4 is 11.6 Å². The average molecular weight is 304 g/mol. The van der Waals surface area contributed by atoms with Crippen LogP contribution in [0.5, 0.6) is 0 Å². The van der Waals surface area contributed by atoms with Crippen LogP contribution in [0, 0.1) is 0 Å². The number of fused-ring (bicyclic) bond motifs is 1. The molecule has 21 heavy (non-hydrogen) atoms. The Morgan fingerprint density at radius 1 is 1.29 bits per heavy atom. The van der Waals surface area contributed by atoms with Crippen LogP contribution in [0.1, 0.15) is 24.6 Å². The van der Waals surface area contributed by atoms with Gasteiger partial charge in [-0.1, -0.05) is 22.9 Å². The lowest BCUT2D eigenvalue weighted by Crippen LogP contribution is -2.48. The lowest BCUT2D eigenvalue weighted by Gasteiger charge is -2.33. The van der Waals surface area contributed by atoms with Gasteiger partial charge in [0.2, 0.25) is 0 Å². The summed E-state index contributed by atoms with van der Waals surface area (Å²) in [6, 6.07) is 8.76. The fraction of sp³-hybridized carbons (Fsp3) is 0.467. The normalized spacial score (nSPS) is 26.0. The van der Waals surface area contributed by atoms with Crippen molar-refractivity contribution < 1.29 is 0 Å². The molecule has 1 aromatic carbocycles. The van der Waals surface area contributed by atoms with Gasteiger partial charge in [-0.3, -0.25) is 4.90 Å². The third-order valence-electron chi connectivity index (χ3n) is 4.49. The Balaban J connectivity index is 1.60. The molecule has 2 aromatic rings. The molecule has 6 heteroatoms. The fourth-order valence-corrected chi connectivity index (χ4v) is 3.65. The van der Waals surface area contributed by atoms with Crippen LogP contribution in [-0.4, -0.2) is 45.6 Å². The molecule has 4 rings (SSSR count). The van der Waals surface area contributed by atoms with Gasteiger partial charge in [-0.2, -0.15) is 0 Å². The first-order chi connectivity index (χ1) is 10.3. The highest BCUT2D eigenvalue weighted by Gasteiger charge is 2.37. The van der Waals surface area contributed by atoms with Gasteiger partial charge in [0.1, 0.15) is 5.69 Å². The number of piperazine rings is 1. The quantitative estimate of drug-likeness (QED) is 0.922. The molecule has 2 fully saturated rings. The Hall–Kier alpha value is -1.43. The summed E-state index contributed by atoms with van der Waals surface area (Å²) < 4.78 is 1.82. The molecule has 0 unspecified atom stereocenters. The Morgan fingerprint density at radius 3 is 3.14 bits per heavy atom. The second-order valence-electron chi connectivity index (χ2n) is 5.76. The van der Waals surface area contributed by atoms with E-state index in [0.717, 1.165) is 31.0 Å². The van der Waals surface area contributed by atoms with Crippen molar-refractivity contribution in [2.45, 2.75) is 24.9 Å². The summed E-state index contributed by atoms with van der Waals surface area (Å²) in [5.41, 5.74) is 2.02. The van der Waals surface area contributed by atoms with Crippen molar-refractivity contribution in [3.63, 3.8) is 0 Å². The van der Waals surface area contributed by atoms with Crippen molar-refractivity contribution in [3.05, 3.63) is 41.2 Å². The van der Waals surface area contributed by atoms with Crippen molar-refractivity contribution in [1.82, 2.24) is 25.2 Å². The standard InChI is InChI=1S/C15H18ClN5/c16-11-2-1-3-12(8-11)21-10-14(18-19-21)15-5-4-13-9-17-6-7-20(13)15/h1-3,8,10,13,15,17H,4-7,9H2/t13-,15+/m0/s1. The predicted octanol–water partition coefficient (Wildman–Crippen LogP) is 2.03. The van der Waals surface area contributed by atoms with E-state index in [1.54, 1.807) is 0 Å². The Bertz CT molecular complexity index is 640. The number of halogens is 1. The molecule has 3 heterocycles. The minimum absolute atomic E-state index is 0.407. The zero-order valence-corrected chi connectivity index (χ0v) is 12.5. The first-order valence-corrected chi connectivity index (χ1v) is 7.84. The summed E-state index contributed by atoms with van der Waals surface area (Å²) in [7, 11) is 0. The van der Waals surface area contributed by atoms with E-state index in [4.69, 9.17) is 11.6 Å².